The Morgan fingerprint density at radius 3 is 2.31 bits per heavy atom. The number of hydrogen-bond donors (Lipinski definition) is 1. The molecule has 0 unspecified atom stereocenters. The maximum absolute atomic E-state index is 13.0. The first-order valence-corrected chi connectivity index (χ1v) is 10.7. The summed E-state index contributed by atoms with van der Waals surface area (Å²) in [4.78, 5) is 31.8. The second kappa shape index (κ2) is 9.92. The number of nitrogens with one attached hydrogen (secondary N) is 1. The predicted molar refractivity (Wildman–Crippen MR) is 125 cm³/mol. The Kier molecular flexibility index (Phi) is 6.60. The number of carbonyl (C=O) groups is 2. The van der Waals surface area contributed by atoms with Crippen LogP contribution in [-0.4, -0.2) is 39.9 Å². The van der Waals surface area contributed by atoms with E-state index in [0.29, 0.717) is 25.1 Å². The third-order valence-corrected chi connectivity index (χ3v) is 5.39. The fourth-order valence-electron chi connectivity index (χ4n) is 3.67. The van der Waals surface area contributed by atoms with E-state index in [1.54, 1.807) is 17.0 Å². The Morgan fingerprint density at radius 1 is 0.906 bits per heavy atom. The minimum atomic E-state index is -0.119. The summed E-state index contributed by atoms with van der Waals surface area (Å²) in [5.74, 6) is 0.666. The fourth-order valence-corrected chi connectivity index (χ4v) is 3.67. The van der Waals surface area contributed by atoms with Crippen molar-refractivity contribution < 1.29 is 9.59 Å². The van der Waals surface area contributed by atoms with Crippen LogP contribution in [0.2, 0.25) is 0 Å². The zero-order valence-corrected chi connectivity index (χ0v) is 18.1. The lowest BCUT2D eigenvalue weighted by Crippen LogP contribution is -2.31. The van der Waals surface area contributed by atoms with Gasteiger partial charge in [0, 0.05) is 32.1 Å². The summed E-state index contributed by atoms with van der Waals surface area (Å²) in [7, 11) is 1.81. The van der Waals surface area contributed by atoms with Gasteiger partial charge in [0.1, 0.15) is 12.4 Å². The molecule has 162 valence electrons. The summed E-state index contributed by atoms with van der Waals surface area (Å²) in [6.07, 6.45) is 0.531. The summed E-state index contributed by atoms with van der Waals surface area (Å²) in [5, 5.41) is 2.94. The molecule has 0 aliphatic rings. The summed E-state index contributed by atoms with van der Waals surface area (Å²) in [6, 6.07) is 26.8. The number of aromatic nitrogens is 2. The van der Waals surface area contributed by atoms with Crippen molar-refractivity contribution in [2.45, 2.75) is 19.5 Å². The molecule has 3 aromatic carbocycles. The van der Waals surface area contributed by atoms with E-state index in [1.807, 2.05) is 84.4 Å². The number of carbonyl (C=O) groups excluding carboxylic acids is 2. The predicted octanol–water partition coefficient (Wildman–Crippen LogP) is 3.67. The molecule has 6 nitrogen and oxygen atoms in total. The van der Waals surface area contributed by atoms with Crippen molar-refractivity contribution in [2.75, 3.05) is 13.6 Å². The molecule has 0 aliphatic carbocycles. The van der Waals surface area contributed by atoms with Gasteiger partial charge in [-0.05, 0) is 29.8 Å². The number of imidazole rings is 1. The molecular formula is C26H26N4O2. The minimum absolute atomic E-state index is 0.00609. The van der Waals surface area contributed by atoms with E-state index in [4.69, 9.17) is 4.98 Å². The maximum Gasteiger partial charge on any atom is 0.251 e. The van der Waals surface area contributed by atoms with Crippen molar-refractivity contribution in [3.05, 3.63) is 102 Å². The highest BCUT2D eigenvalue weighted by atomic mass is 16.2. The van der Waals surface area contributed by atoms with Gasteiger partial charge in [-0.25, -0.2) is 4.98 Å². The lowest BCUT2D eigenvalue weighted by atomic mass is 10.2. The fraction of sp³-hybridized carbons (Fsp3) is 0.192. The Morgan fingerprint density at radius 2 is 1.56 bits per heavy atom. The van der Waals surface area contributed by atoms with Gasteiger partial charge in [0.15, 0.2) is 0 Å². The molecule has 0 aliphatic heterocycles. The van der Waals surface area contributed by atoms with Crippen LogP contribution in [-0.2, 0) is 24.3 Å². The van der Waals surface area contributed by atoms with Crippen molar-refractivity contribution in [1.82, 2.24) is 19.8 Å². The molecule has 1 heterocycles. The van der Waals surface area contributed by atoms with Crippen molar-refractivity contribution in [3.63, 3.8) is 0 Å². The van der Waals surface area contributed by atoms with Crippen LogP contribution >= 0.6 is 0 Å². The molecule has 0 radical (unpaired) electrons. The zero-order chi connectivity index (χ0) is 22.3. The molecule has 32 heavy (non-hydrogen) atoms. The Hall–Kier alpha value is -3.93. The number of rotatable bonds is 8. The van der Waals surface area contributed by atoms with Crippen molar-refractivity contribution in [2.24, 2.45) is 0 Å². The van der Waals surface area contributed by atoms with E-state index in [2.05, 4.69) is 5.32 Å². The van der Waals surface area contributed by atoms with E-state index >= 15 is 0 Å². The second-order valence-electron chi connectivity index (χ2n) is 7.71. The summed E-state index contributed by atoms with van der Waals surface area (Å²) < 4.78 is 1.95. The minimum Gasteiger partial charge on any atom is -0.352 e. The van der Waals surface area contributed by atoms with E-state index in [0.717, 1.165) is 22.4 Å². The van der Waals surface area contributed by atoms with Crippen LogP contribution in [0.4, 0.5) is 0 Å². The van der Waals surface area contributed by atoms with Gasteiger partial charge in [-0.2, -0.15) is 0 Å². The van der Waals surface area contributed by atoms with Crippen molar-refractivity contribution >= 4 is 22.8 Å². The molecule has 0 atom stereocenters. The lowest BCUT2D eigenvalue weighted by molar-refractivity contribution is -0.131. The van der Waals surface area contributed by atoms with Crippen LogP contribution in [0.1, 0.15) is 21.7 Å². The summed E-state index contributed by atoms with van der Waals surface area (Å²) >= 11 is 0. The number of hydrogen-bond acceptors (Lipinski definition) is 3. The number of fused-ring (bicyclic) bond motifs is 1. The molecule has 0 saturated carbocycles. The molecule has 0 bridgehead atoms. The Labute approximate surface area is 187 Å². The largest absolute Gasteiger partial charge is 0.352 e. The normalized spacial score (nSPS) is 10.8. The van der Waals surface area contributed by atoms with Crippen LogP contribution in [0.25, 0.3) is 11.0 Å². The molecule has 4 rings (SSSR count). The Balaban J connectivity index is 1.46. The van der Waals surface area contributed by atoms with E-state index in [9.17, 15) is 9.59 Å². The van der Waals surface area contributed by atoms with Gasteiger partial charge in [-0.3, -0.25) is 9.59 Å². The molecule has 4 aromatic rings. The second-order valence-corrected chi connectivity index (χ2v) is 7.71. The Bertz CT molecular complexity index is 1200. The maximum atomic E-state index is 13.0. The molecule has 1 aromatic heterocycles. The number of nitrogens with zero attached hydrogens (tertiary/aromatic N) is 3. The third kappa shape index (κ3) is 5.03. The van der Waals surface area contributed by atoms with Crippen molar-refractivity contribution in [1.29, 1.82) is 0 Å². The molecule has 0 saturated heterocycles. The van der Waals surface area contributed by atoms with Crippen LogP contribution in [0.15, 0.2) is 84.9 Å². The highest BCUT2D eigenvalue weighted by Crippen LogP contribution is 2.17. The number of likely N-dealkylation sites (N-methyl/N-ethyl adjacent to an activating group) is 1. The van der Waals surface area contributed by atoms with Crippen LogP contribution in [0.5, 0.6) is 0 Å². The van der Waals surface area contributed by atoms with Gasteiger partial charge in [0.05, 0.1) is 11.0 Å². The van der Waals surface area contributed by atoms with E-state index in [1.165, 1.54) is 0 Å². The molecule has 0 spiro atoms. The third-order valence-electron chi connectivity index (χ3n) is 5.39. The highest BCUT2D eigenvalue weighted by molar-refractivity contribution is 5.94. The smallest absolute Gasteiger partial charge is 0.251 e. The average Bonchev–Trinajstić information content (AvgIpc) is 3.17. The standard InChI is InChI=1S/C26H26N4O2/c1-29(18-20-10-4-2-5-11-20)25(31)19-30-23-15-9-8-14-22(23)28-24(30)16-17-27-26(32)21-12-6-3-7-13-21/h2-15H,16-19H2,1H3,(H,27,32). The van der Waals surface area contributed by atoms with Gasteiger partial charge in [0.25, 0.3) is 5.91 Å². The number of benzene rings is 3. The zero-order valence-electron chi connectivity index (χ0n) is 18.1. The van der Waals surface area contributed by atoms with Gasteiger partial charge < -0.3 is 14.8 Å². The first-order chi connectivity index (χ1) is 15.6. The van der Waals surface area contributed by atoms with E-state index < -0.39 is 0 Å². The summed E-state index contributed by atoms with van der Waals surface area (Å²) in [6.45, 7) is 1.19. The lowest BCUT2D eigenvalue weighted by Gasteiger charge is -2.19. The molecule has 0 fully saturated rings. The monoisotopic (exact) mass is 426 g/mol. The average molecular weight is 427 g/mol. The molecule has 1 N–H and O–H groups in total. The van der Waals surface area contributed by atoms with E-state index in [-0.39, 0.29) is 18.4 Å². The van der Waals surface area contributed by atoms with Gasteiger partial charge in [-0.15, -0.1) is 0 Å². The van der Waals surface area contributed by atoms with Gasteiger partial charge in [0.2, 0.25) is 5.91 Å². The van der Waals surface area contributed by atoms with Crippen LogP contribution in [0.3, 0.4) is 0 Å². The van der Waals surface area contributed by atoms with Gasteiger partial charge in [-0.1, -0.05) is 60.7 Å². The quantitative estimate of drug-likeness (QED) is 0.468. The molecular weight excluding hydrogens is 400 g/mol. The topological polar surface area (TPSA) is 67.2 Å². The van der Waals surface area contributed by atoms with Crippen LogP contribution in [0, 0.1) is 0 Å². The number of amides is 2. The first-order valence-electron chi connectivity index (χ1n) is 10.7. The number of para-hydroxylation sites is 2. The highest BCUT2D eigenvalue weighted by Gasteiger charge is 2.16. The molecule has 2 amide bonds. The first kappa shape index (κ1) is 21.3. The van der Waals surface area contributed by atoms with Crippen LogP contribution < -0.4 is 5.32 Å². The SMILES string of the molecule is CN(Cc1ccccc1)C(=O)Cn1c(CCNC(=O)c2ccccc2)nc2ccccc21. The van der Waals surface area contributed by atoms with Gasteiger partial charge >= 0.3 is 0 Å². The molecule has 6 heteroatoms. The van der Waals surface area contributed by atoms with Crippen molar-refractivity contribution in [3.8, 4) is 0 Å². The summed E-state index contributed by atoms with van der Waals surface area (Å²) in [5.41, 5.74) is 3.47.